The topological polar surface area (TPSA) is 70.9 Å². The van der Waals surface area contributed by atoms with Gasteiger partial charge >= 0.3 is 6.03 Å². The number of amides is 2. The molecule has 2 aromatic carbocycles. The third-order valence-electron chi connectivity index (χ3n) is 5.77. The molecular formula is C25H30FN5O2S. The van der Waals surface area contributed by atoms with Crippen molar-refractivity contribution in [2.75, 3.05) is 39.9 Å². The highest BCUT2D eigenvalue weighted by Gasteiger charge is 2.12. The van der Waals surface area contributed by atoms with Crippen molar-refractivity contribution in [2.24, 2.45) is 4.99 Å². The van der Waals surface area contributed by atoms with E-state index in [1.165, 1.54) is 23.0 Å². The zero-order valence-electron chi connectivity index (χ0n) is 19.5. The number of morpholine rings is 1. The molecule has 0 bridgehead atoms. The van der Waals surface area contributed by atoms with Gasteiger partial charge in [0.25, 0.3) is 0 Å². The van der Waals surface area contributed by atoms with Gasteiger partial charge in [-0.15, -0.1) is 11.3 Å². The number of nitrogens with zero attached hydrogens (tertiary/aromatic N) is 3. The third-order valence-corrected chi connectivity index (χ3v) is 6.64. The molecule has 2 heterocycles. The van der Waals surface area contributed by atoms with Crippen LogP contribution in [0.15, 0.2) is 52.8 Å². The SMILES string of the molecule is CNC(=O)NCCn1c(-c2ccc(CN3CCOCC3)cc2)csc1=Nc1ccc(F)c(C)c1. The average molecular weight is 484 g/mol. The van der Waals surface area contributed by atoms with Crippen LogP contribution in [-0.2, 0) is 17.8 Å². The fraction of sp³-hybridized carbons (Fsp3) is 0.360. The molecule has 4 rings (SSSR count). The molecule has 1 saturated heterocycles. The number of benzene rings is 2. The van der Waals surface area contributed by atoms with E-state index >= 15 is 0 Å². The van der Waals surface area contributed by atoms with E-state index in [9.17, 15) is 9.18 Å². The smallest absolute Gasteiger partial charge is 0.314 e. The molecule has 7 nitrogen and oxygen atoms in total. The van der Waals surface area contributed by atoms with Crippen LogP contribution in [0.25, 0.3) is 11.3 Å². The zero-order valence-corrected chi connectivity index (χ0v) is 20.3. The maximum atomic E-state index is 13.7. The van der Waals surface area contributed by atoms with E-state index in [1.807, 2.05) is 0 Å². The van der Waals surface area contributed by atoms with E-state index in [0.29, 0.717) is 24.3 Å². The highest BCUT2D eigenvalue weighted by atomic mass is 32.1. The molecule has 1 aromatic heterocycles. The van der Waals surface area contributed by atoms with E-state index < -0.39 is 0 Å². The van der Waals surface area contributed by atoms with E-state index in [-0.39, 0.29) is 11.8 Å². The number of aromatic nitrogens is 1. The van der Waals surface area contributed by atoms with Crippen LogP contribution in [0.5, 0.6) is 0 Å². The van der Waals surface area contributed by atoms with Gasteiger partial charge in [-0.3, -0.25) is 4.90 Å². The molecule has 1 aliphatic heterocycles. The van der Waals surface area contributed by atoms with E-state index in [1.54, 1.807) is 26.1 Å². The molecule has 2 amide bonds. The van der Waals surface area contributed by atoms with Crippen molar-refractivity contribution in [3.63, 3.8) is 0 Å². The molecule has 9 heteroatoms. The summed E-state index contributed by atoms with van der Waals surface area (Å²) in [6, 6.07) is 13.2. The zero-order chi connectivity index (χ0) is 23.9. The second kappa shape index (κ2) is 11.4. The summed E-state index contributed by atoms with van der Waals surface area (Å²) < 4.78 is 21.2. The quantitative estimate of drug-likeness (QED) is 0.539. The standard InChI is InChI=1S/C25H30FN5O2S/c1-18-15-21(7-8-22(18)26)29-25-31(10-9-28-24(32)27-2)23(17-34-25)20-5-3-19(4-6-20)16-30-11-13-33-14-12-30/h3-8,15,17H,9-14,16H2,1-2H3,(H2,27,28,32). The van der Waals surface area contributed by atoms with Gasteiger partial charge < -0.3 is 19.9 Å². The molecule has 0 unspecified atom stereocenters. The summed E-state index contributed by atoms with van der Waals surface area (Å²) in [5, 5.41) is 7.48. The van der Waals surface area contributed by atoms with Crippen LogP contribution in [0.2, 0.25) is 0 Å². The second-order valence-corrected chi connectivity index (χ2v) is 9.03. The minimum atomic E-state index is -0.245. The normalized spacial score (nSPS) is 14.9. The van der Waals surface area contributed by atoms with Crippen molar-refractivity contribution in [3.05, 3.63) is 69.6 Å². The largest absolute Gasteiger partial charge is 0.379 e. The Labute approximate surface area is 202 Å². The van der Waals surface area contributed by atoms with Crippen LogP contribution in [0.1, 0.15) is 11.1 Å². The highest BCUT2D eigenvalue weighted by Crippen LogP contribution is 2.23. The van der Waals surface area contributed by atoms with Crippen molar-refractivity contribution in [3.8, 4) is 11.3 Å². The molecular weight excluding hydrogens is 453 g/mol. The summed E-state index contributed by atoms with van der Waals surface area (Å²) in [5.74, 6) is -0.245. The Morgan fingerprint density at radius 3 is 2.65 bits per heavy atom. The van der Waals surface area contributed by atoms with Crippen molar-refractivity contribution in [1.82, 2.24) is 20.1 Å². The molecule has 0 spiro atoms. The number of thiazole rings is 1. The van der Waals surface area contributed by atoms with Gasteiger partial charge in [0, 0.05) is 45.2 Å². The number of carbonyl (C=O) groups excluding carboxylic acids is 1. The van der Waals surface area contributed by atoms with Gasteiger partial charge in [0.05, 0.1) is 24.6 Å². The van der Waals surface area contributed by atoms with Crippen molar-refractivity contribution in [2.45, 2.75) is 20.0 Å². The van der Waals surface area contributed by atoms with Gasteiger partial charge in [-0.2, -0.15) is 0 Å². The molecule has 1 fully saturated rings. The third kappa shape index (κ3) is 6.11. The second-order valence-electron chi connectivity index (χ2n) is 8.19. The Morgan fingerprint density at radius 2 is 1.94 bits per heavy atom. The summed E-state index contributed by atoms with van der Waals surface area (Å²) in [5.41, 5.74) is 4.63. The molecule has 2 N–H and O–H groups in total. The van der Waals surface area contributed by atoms with Crippen molar-refractivity contribution >= 4 is 23.1 Å². The predicted octanol–water partition coefficient (Wildman–Crippen LogP) is 3.66. The number of carbonyl (C=O) groups is 1. The number of nitrogens with one attached hydrogen (secondary N) is 2. The monoisotopic (exact) mass is 483 g/mol. The summed E-state index contributed by atoms with van der Waals surface area (Å²) in [6.07, 6.45) is 0. The number of rotatable bonds is 7. The number of aryl methyl sites for hydroxylation is 1. The Morgan fingerprint density at radius 1 is 1.18 bits per heavy atom. The molecule has 0 aliphatic carbocycles. The minimum absolute atomic E-state index is 0.225. The van der Waals surface area contributed by atoms with Crippen LogP contribution in [0.3, 0.4) is 0 Å². The van der Waals surface area contributed by atoms with Gasteiger partial charge in [-0.1, -0.05) is 24.3 Å². The van der Waals surface area contributed by atoms with Gasteiger partial charge in [-0.05, 0) is 41.8 Å². The van der Waals surface area contributed by atoms with Crippen LogP contribution in [0.4, 0.5) is 14.9 Å². The summed E-state index contributed by atoms with van der Waals surface area (Å²) in [7, 11) is 1.59. The lowest BCUT2D eigenvalue weighted by Crippen LogP contribution is -2.36. The Balaban J connectivity index is 1.61. The molecule has 0 atom stereocenters. The number of halogens is 1. The highest BCUT2D eigenvalue weighted by molar-refractivity contribution is 7.07. The van der Waals surface area contributed by atoms with Crippen LogP contribution < -0.4 is 15.4 Å². The first-order valence-corrected chi connectivity index (χ1v) is 12.3. The fourth-order valence-electron chi connectivity index (χ4n) is 3.84. The van der Waals surface area contributed by atoms with E-state index in [2.05, 4.69) is 49.7 Å². The first-order chi connectivity index (χ1) is 16.5. The minimum Gasteiger partial charge on any atom is -0.379 e. The summed E-state index contributed by atoms with van der Waals surface area (Å²) in [6.45, 7) is 7.14. The van der Waals surface area contributed by atoms with Crippen LogP contribution in [0, 0.1) is 12.7 Å². The van der Waals surface area contributed by atoms with Gasteiger partial charge in [0.15, 0.2) is 4.80 Å². The Bertz CT molecular complexity index is 1180. The lowest BCUT2D eigenvalue weighted by molar-refractivity contribution is 0.0342. The average Bonchev–Trinajstić information content (AvgIpc) is 3.24. The summed E-state index contributed by atoms with van der Waals surface area (Å²) >= 11 is 1.53. The number of hydrogen-bond donors (Lipinski definition) is 2. The molecule has 34 heavy (non-hydrogen) atoms. The lowest BCUT2D eigenvalue weighted by Gasteiger charge is -2.26. The van der Waals surface area contributed by atoms with E-state index in [4.69, 9.17) is 9.73 Å². The maximum Gasteiger partial charge on any atom is 0.314 e. The first kappa shape index (κ1) is 24.1. The molecule has 3 aromatic rings. The van der Waals surface area contributed by atoms with Crippen LogP contribution in [-0.4, -0.2) is 55.4 Å². The first-order valence-electron chi connectivity index (χ1n) is 11.4. The van der Waals surface area contributed by atoms with Gasteiger partial charge in [0.1, 0.15) is 5.82 Å². The van der Waals surface area contributed by atoms with Crippen molar-refractivity contribution in [1.29, 1.82) is 0 Å². The van der Waals surface area contributed by atoms with Crippen LogP contribution >= 0.6 is 11.3 Å². The molecule has 180 valence electrons. The fourth-order valence-corrected chi connectivity index (χ4v) is 4.80. The number of hydrogen-bond acceptors (Lipinski definition) is 5. The molecule has 0 saturated carbocycles. The number of urea groups is 1. The molecule has 1 aliphatic rings. The summed E-state index contributed by atoms with van der Waals surface area (Å²) in [4.78, 5) is 19.6. The maximum absolute atomic E-state index is 13.7. The Kier molecular flexibility index (Phi) is 8.10. The van der Waals surface area contributed by atoms with Gasteiger partial charge in [0.2, 0.25) is 0 Å². The predicted molar refractivity (Wildman–Crippen MR) is 133 cm³/mol. The van der Waals surface area contributed by atoms with E-state index in [0.717, 1.165) is 48.9 Å². The Hall–Kier alpha value is -3.01. The molecule has 0 radical (unpaired) electrons. The van der Waals surface area contributed by atoms with Gasteiger partial charge in [-0.25, -0.2) is 14.2 Å². The lowest BCUT2D eigenvalue weighted by atomic mass is 10.1. The van der Waals surface area contributed by atoms with Crippen molar-refractivity contribution < 1.29 is 13.9 Å². The number of ether oxygens (including phenoxy) is 1.